The van der Waals surface area contributed by atoms with Crippen molar-refractivity contribution in [1.29, 1.82) is 5.26 Å². The van der Waals surface area contributed by atoms with Crippen molar-refractivity contribution >= 4 is 21.6 Å². The Labute approximate surface area is 146 Å². The number of para-hydroxylation sites is 1. The third-order valence-electron chi connectivity index (χ3n) is 3.40. The lowest BCUT2D eigenvalue weighted by Crippen LogP contribution is -2.22. The summed E-state index contributed by atoms with van der Waals surface area (Å²) in [5.41, 5.74) is 1.22. The van der Waals surface area contributed by atoms with Crippen molar-refractivity contribution < 1.29 is 17.9 Å². The van der Waals surface area contributed by atoms with Gasteiger partial charge in [-0.3, -0.25) is 4.79 Å². The molecule has 0 aliphatic carbocycles. The molecule has 0 bridgehead atoms. The molecule has 0 atom stereocenters. The number of anilines is 1. The number of rotatable bonds is 6. The zero-order valence-electron chi connectivity index (χ0n) is 13.7. The van der Waals surface area contributed by atoms with Gasteiger partial charge in [0.05, 0.1) is 10.5 Å². The van der Waals surface area contributed by atoms with Crippen LogP contribution in [0, 0.1) is 18.3 Å². The van der Waals surface area contributed by atoms with E-state index >= 15 is 0 Å². The minimum absolute atomic E-state index is 0.0866. The molecule has 0 aromatic heterocycles. The molecule has 25 heavy (non-hydrogen) atoms. The lowest BCUT2D eigenvalue weighted by molar-refractivity contribution is -0.118. The first-order valence-electron chi connectivity index (χ1n) is 7.33. The summed E-state index contributed by atoms with van der Waals surface area (Å²) in [5.74, 6) is -0.160. The fraction of sp³-hybridized carbons (Fsp3) is 0.176. The average molecular weight is 359 g/mol. The van der Waals surface area contributed by atoms with E-state index in [1.807, 2.05) is 6.07 Å². The van der Waals surface area contributed by atoms with Gasteiger partial charge in [0.15, 0.2) is 6.61 Å². The maximum atomic E-state index is 12.0. The van der Waals surface area contributed by atoms with Crippen LogP contribution in [-0.2, 0) is 14.8 Å². The average Bonchev–Trinajstić information content (AvgIpc) is 2.61. The minimum atomic E-state index is -3.62. The van der Waals surface area contributed by atoms with Crippen LogP contribution in [0.1, 0.15) is 11.1 Å². The molecular weight excluding hydrogens is 342 g/mol. The minimum Gasteiger partial charge on any atom is -0.482 e. The Morgan fingerprint density at radius 2 is 1.96 bits per heavy atom. The Morgan fingerprint density at radius 1 is 1.24 bits per heavy atom. The van der Waals surface area contributed by atoms with Crippen molar-refractivity contribution in [3.8, 4) is 11.8 Å². The second-order valence-corrected chi connectivity index (χ2v) is 6.99. The highest BCUT2D eigenvalue weighted by Crippen LogP contribution is 2.20. The number of ether oxygens (including phenoxy) is 1. The standard InChI is InChI=1S/C17H17N3O4S/c1-12-7-8-14(9-16(12)25(22,23)19-2)20-17(21)11-24-15-6-4-3-5-13(15)10-18/h3-9,19H,11H2,1-2H3,(H,20,21). The van der Waals surface area contributed by atoms with Gasteiger partial charge in [-0.05, 0) is 43.8 Å². The zero-order chi connectivity index (χ0) is 18.4. The molecule has 0 heterocycles. The molecule has 0 radical (unpaired) electrons. The molecule has 2 aromatic rings. The van der Waals surface area contributed by atoms with Crippen molar-refractivity contribution in [2.45, 2.75) is 11.8 Å². The first kappa shape index (κ1) is 18.4. The van der Waals surface area contributed by atoms with Gasteiger partial charge >= 0.3 is 0 Å². The van der Waals surface area contributed by atoms with Gasteiger partial charge in [0.25, 0.3) is 5.91 Å². The number of carbonyl (C=O) groups is 1. The molecule has 0 aliphatic heterocycles. The maximum absolute atomic E-state index is 12.0. The fourth-order valence-electron chi connectivity index (χ4n) is 2.10. The van der Waals surface area contributed by atoms with Gasteiger partial charge in [-0.25, -0.2) is 13.1 Å². The Hall–Kier alpha value is -2.89. The van der Waals surface area contributed by atoms with Crippen molar-refractivity contribution in [3.05, 3.63) is 53.6 Å². The monoisotopic (exact) mass is 359 g/mol. The molecule has 0 saturated carbocycles. The number of aryl methyl sites for hydroxylation is 1. The van der Waals surface area contributed by atoms with Gasteiger partial charge in [0.2, 0.25) is 10.0 Å². The quantitative estimate of drug-likeness (QED) is 0.817. The molecule has 0 saturated heterocycles. The van der Waals surface area contributed by atoms with Crippen LogP contribution in [0.5, 0.6) is 5.75 Å². The van der Waals surface area contributed by atoms with Crippen LogP contribution >= 0.6 is 0 Å². The number of sulfonamides is 1. The van der Waals surface area contributed by atoms with Crippen LogP contribution in [0.25, 0.3) is 0 Å². The SMILES string of the molecule is CNS(=O)(=O)c1cc(NC(=O)COc2ccccc2C#N)ccc1C. The number of nitrogens with zero attached hydrogens (tertiary/aromatic N) is 1. The lowest BCUT2D eigenvalue weighted by atomic mass is 10.2. The number of benzene rings is 2. The van der Waals surface area contributed by atoms with E-state index in [0.717, 1.165) is 0 Å². The van der Waals surface area contributed by atoms with Crippen LogP contribution in [0.2, 0.25) is 0 Å². The van der Waals surface area contributed by atoms with Gasteiger partial charge in [-0.2, -0.15) is 5.26 Å². The summed E-state index contributed by atoms with van der Waals surface area (Å²) in [6.45, 7) is 1.36. The lowest BCUT2D eigenvalue weighted by Gasteiger charge is -2.11. The Balaban J connectivity index is 2.09. The van der Waals surface area contributed by atoms with Crippen LogP contribution < -0.4 is 14.8 Å². The van der Waals surface area contributed by atoms with E-state index in [4.69, 9.17) is 10.00 Å². The predicted octanol–water partition coefficient (Wildman–Crippen LogP) is 1.79. The first-order valence-corrected chi connectivity index (χ1v) is 8.81. The Kier molecular flexibility index (Phi) is 5.75. The molecule has 8 heteroatoms. The molecule has 1 amide bonds. The number of nitriles is 1. The highest BCUT2D eigenvalue weighted by atomic mass is 32.2. The van der Waals surface area contributed by atoms with E-state index in [2.05, 4.69) is 10.0 Å². The van der Waals surface area contributed by atoms with Crippen molar-refractivity contribution in [2.24, 2.45) is 0 Å². The smallest absolute Gasteiger partial charge is 0.262 e. The summed E-state index contributed by atoms with van der Waals surface area (Å²) >= 11 is 0. The predicted molar refractivity (Wildman–Crippen MR) is 92.7 cm³/mol. The zero-order valence-corrected chi connectivity index (χ0v) is 14.6. The number of hydrogen-bond acceptors (Lipinski definition) is 5. The summed E-state index contributed by atoms with van der Waals surface area (Å²) in [7, 11) is -2.30. The summed E-state index contributed by atoms with van der Waals surface area (Å²) in [6.07, 6.45) is 0. The third kappa shape index (κ3) is 4.56. The molecule has 2 aromatic carbocycles. The molecule has 7 nitrogen and oxygen atoms in total. The number of hydrogen-bond donors (Lipinski definition) is 2. The highest BCUT2D eigenvalue weighted by molar-refractivity contribution is 7.89. The topological polar surface area (TPSA) is 108 Å². The second kappa shape index (κ2) is 7.79. The Morgan fingerprint density at radius 3 is 2.64 bits per heavy atom. The van der Waals surface area contributed by atoms with Gasteiger partial charge < -0.3 is 10.1 Å². The van der Waals surface area contributed by atoms with Gasteiger partial charge in [0.1, 0.15) is 11.8 Å². The number of nitrogens with one attached hydrogen (secondary N) is 2. The van der Waals surface area contributed by atoms with Crippen molar-refractivity contribution in [2.75, 3.05) is 19.0 Å². The Bertz CT molecular complexity index is 933. The van der Waals surface area contributed by atoms with E-state index in [1.54, 1.807) is 43.3 Å². The van der Waals surface area contributed by atoms with Gasteiger partial charge in [-0.15, -0.1) is 0 Å². The number of amides is 1. The molecule has 130 valence electrons. The van der Waals surface area contributed by atoms with E-state index in [0.29, 0.717) is 22.6 Å². The molecule has 0 aliphatic rings. The summed E-state index contributed by atoms with van der Waals surface area (Å²) in [6, 6.07) is 13.1. The molecule has 0 spiro atoms. The van der Waals surface area contributed by atoms with E-state index in [-0.39, 0.29) is 11.5 Å². The van der Waals surface area contributed by atoms with Gasteiger partial charge in [-0.1, -0.05) is 18.2 Å². The molecule has 0 fully saturated rings. The van der Waals surface area contributed by atoms with E-state index in [9.17, 15) is 13.2 Å². The van der Waals surface area contributed by atoms with E-state index < -0.39 is 15.9 Å². The van der Waals surface area contributed by atoms with Crippen LogP contribution in [-0.4, -0.2) is 28.0 Å². The largest absolute Gasteiger partial charge is 0.482 e. The van der Waals surface area contributed by atoms with Crippen LogP contribution in [0.15, 0.2) is 47.4 Å². The van der Waals surface area contributed by atoms with Crippen LogP contribution in [0.3, 0.4) is 0 Å². The van der Waals surface area contributed by atoms with E-state index in [1.165, 1.54) is 13.1 Å². The maximum Gasteiger partial charge on any atom is 0.262 e. The van der Waals surface area contributed by atoms with Crippen molar-refractivity contribution in [3.63, 3.8) is 0 Å². The van der Waals surface area contributed by atoms with Crippen LogP contribution in [0.4, 0.5) is 5.69 Å². The summed E-state index contributed by atoms with van der Waals surface area (Å²) in [4.78, 5) is 12.1. The third-order valence-corrected chi connectivity index (χ3v) is 4.95. The fourth-order valence-corrected chi connectivity index (χ4v) is 3.10. The first-order chi connectivity index (χ1) is 11.9. The molecule has 2 rings (SSSR count). The van der Waals surface area contributed by atoms with Crippen molar-refractivity contribution in [1.82, 2.24) is 4.72 Å². The molecular formula is C17H17N3O4S. The normalized spacial score (nSPS) is 10.8. The van der Waals surface area contributed by atoms with Gasteiger partial charge in [0, 0.05) is 5.69 Å². The second-order valence-electron chi connectivity index (χ2n) is 5.13. The summed E-state index contributed by atoms with van der Waals surface area (Å²) in [5, 5.41) is 11.6. The number of carbonyl (C=O) groups excluding carboxylic acids is 1. The highest BCUT2D eigenvalue weighted by Gasteiger charge is 2.16. The molecule has 0 unspecified atom stereocenters. The summed E-state index contributed by atoms with van der Waals surface area (Å²) < 4.78 is 31.5. The molecule has 2 N–H and O–H groups in total.